The van der Waals surface area contributed by atoms with Gasteiger partial charge in [0.05, 0.1) is 22.2 Å². The highest BCUT2D eigenvalue weighted by Crippen LogP contribution is 2.52. The van der Waals surface area contributed by atoms with Gasteiger partial charge in [0.2, 0.25) is 6.71 Å². The molecule has 0 saturated carbocycles. The fourth-order valence-electron chi connectivity index (χ4n) is 10.6. The molecule has 3 aliphatic heterocycles. The van der Waals surface area contributed by atoms with Crippen LogP contribution in [0.25, 0.3) is 55.0 Å². The molecule has 48 heavy (non-hydrogen) atoms. The van der Waals surface area contributed by atoms with E-state index in [1.54, 1.807) is 0 Å². The van der Waals surface area contributed by atoms with Crippen LogP contribution in [0, 0.1) is 0 Å². The van der Waals surface area contributed by atoms with Gasteiger partial charge < -0.3 is 9.13 Å². The third-order valence-electron chi connectivity index (χ3n) is 12.3. The molecule has 7 aromatic carbocycles. The molecule has 220 valence electrons. The molecule has 4 aliphatic rings. The van der Waals surface area contributed by atoms with Crippen LogP contribution in [0.2, 0.25) is 0 Å². The van der Waals surface area contributed by atoms with E-state index in [0.29, 0.717) is 0 Å². The van der Waals surface area contributed by atoms with Gasteiger partial charge in [-0.25, -0.2) is 0 Å². The molecule has 9 aromatic rings. The van der Waals surface area contributed by atoms with Crippen LogP contribution in [-0.4, -0.2) is 15.8 Å². The lowest BCUT2D eigenvalue weighted by atomic mass is 9.32. The van der Waals surface area contributed by atoms with Crippen molar-refractivity contribution in [2.75, 3.05) is 0 Å². The average Bonchev–Trinajstić information content (AvgIpc) is 3.66. The highest BCUT2D eigenvalue weighted by Gasteiger charge is 2.40. The summed E-state index contributed by atoms with van der Waals surface area (Å²) in [6, 6.07) is 51.2. The highest BCUT2D eigenvalue weighted by atomic mass is 15.1. The zero-order chi connectivity index (χ0) is 30.8. The average molecular weight is 607 g/mol. The molecular formula is C45H27BN2. The van der Waals surface area contributed by atoms with Gasteiger partial charge in [0.25, 0.3) is 0 Å². The molecule has 0 spiro atoms. The number of rotatable bonds is 0. The lowest BCUT2D eigenvalue weighted by Gasteiger charge is -2.35. The number of benzene rings is 7. The summed E-state index contributed by atoms with van der Waals surface area (Å²) in [6.45, 7) is 0.246. The highest BCUT2D eigenvalue weighted by molar-refractivity contribution is 6.98. The smallest absolute Gasteiger partial charge is 0.247 e. The minimum atomic E-state index is 0.246. The summed E-state index contributed by atoms with van der Waals surface area (Å²) in [7, 11) is 0. The van der Waals surface area contributed by atoms with Gasteiger partial charge in [-0.2, -0.15) is 0 Å². The van der Waals surface area contributed by atoms with Gasteiger partial charge >= 0.3 is 0 Å². The number of nitrogens with zero attached hydrogens (tertiary/aromatic N) is 2. The summed E-state index contributed by atoms with van der Waals surface area (Å²) in [5.41, 5.74) is 22.6. The first-order chi connectivity index (χ1) is 23.8. The summed E-state index contributed by atoms with van der Waals surface area (Å²) in [6.07, 6.45) is 1.97. The minimum absolute atomic E-state index is 0.246. The third-order valence-corrected chi connectivity index (χ3v) is 12.3. The van der Waals surface area contributed by atoms with E-state index in [0.717, 1.165) is 12.8 Å². The Morgan fingerprint density at radius 3 is 1.88 bits per heavy atom. The SMILES string of the molecule is c1ccc2c(c1)Cc1cccc3c1B2c1cccc2c4ccc5c6cccc7c6n(c5c4n-3c12)-c1cccc2c1C7c1ccccc1C2. The maximum atomic E-state index is 2.66. The van der Waals surface area contributed by atoms with Crippen LogP contribution < -0.4 is 16.4 Å². The van der Waals surface area contributed by atoms with Crippen LogP contribution in [0.3, 0.4) is 0 Å². The van der Waals surface area contributed by atoms with Gasteiger partial charge in [0, 0.05) is 38.7 Å². The monoisotopic (exact) mass is 606 g/mol. The van der Waals surface area contributed by atoms with Gasteiger partial charge in [-0.3, -0.25) is 0 Å². The quantitative estimate of drug-likeness (QED) is 0.155. The summed E-state index contributed by atoms with van der Waals surface area (Å²) >= 11 is 0. The molecule has 0 radical (unpaired) electrons. The molecule has 0 amide bonds. The van der Waals surface area contributed by atoms with Gasteiger partial charge in [0.1, 0.15) is 0 Å². The molecule has 0 fully saturated rings. The Hall–Kier alpha value is -5.80. The summed E-state index contributed by atoms with van der Waals surface area (Å²) in [5.74, 6) is 0.246. The molecule has 13 rings (SSSR count). The zero-order valence-electron chi connectivity index (χ0n) is 26.2. The number of fused-ring (bicyclic) bond motifs is 15. The van der Waals surface area contributed by atoms with Crippen molar-refractivity contribution in [3.05, 3.63) is 172 Å². The van der Waals surface area contributed by atoms with E-state index in [2.05, 4.69) is 143 Å². The van der Waals surface area contributed by atoms with E-state index < -0.39 is 0 Å². The fourth-order valence-corrected chi connectivity index (χ4v) is 10.6. The topological polar surface area (TPSA) is 9.86 Å². The standard InChI is InChI=1S/C45H27BN2/c1-3-13-29-25(9-1)23-27-11-5-19-37-39(27)40(29)34-16-7-14-30-32-21-22-33-31-15-8-18-36-43(31)48(45(33)44(32)47(37)42(30)34)38-20-6-12-28-24-26-10-2-4-17-35(26)46(36)41(28)38/h1-22,40H,23-24H2. The Morgan fingerprint density at radius 2 is 1.00 bits per heavy atom. The molecule has 2 nitrogen and oxygen atoms in total. The van der Waals surface area contributed by atoms with Crippen LogP contribution >= 0.6 is 0 Å². The Kier molecular flexibility index (Phi) is 4.16. The zero-order valence-corrected chi connectivity index (χ0v) is 26.2. The van der Waals surface area contributed by atoms with E-state index in [9.17, 15) is 0 Å². The Morgan fingerprint density at radius 1 is 0.417 bits per heavy atom. The van der Waals surface area contributed by atoms with Gasteiger partial charge in [-0.15, -0.1) is 0 Å². The maximum Gasteiger partial charge on any atom is 0.247 e. The lowest BCUT2D eigenvalue weighted by molar-refractivity contribution is 0.853. The molecule has 5 heterocycles. The molecular weight excluding hydrogens is 579 g/mol. The van der Waals surface area contributed by atoms with Gasteiger partial charge in [0.15, 0.2) is 0 Å². The van der Waals surface area contributed by atoms with E-state index >= 15 is 0 Å². The Labute approximate surface area is 277 Å². The first kappa shape index (κ1) is 24.4. The van der Waals surface area contributed by atoms with Gasteiger partial charge in [-0.05, 0) is 74.8 Å². The summed E-state index contributed by atoms with van der Waals surface area (Å²) in [5, 5.41) is 5.36. The van der Waals surface area contributed by atoms with Crippen molar-refractivity contribution < 1.29 is 0 Å². The third kappa shape index (κ3) is 2.63. The van der Waals surface area contributed by atoms with Crippen LogP contribution in [0.15, 0.2) is 133 Å². The predicted octanol–water partition coefficient (Wildman–Crippen LogP) is 8.01. The second-order valence-electron chi connectivity index (χ2n) is 14.3. The molecule has 0 N–H and O–H groups in total. The first-order valence-electron chi connectivity index (χ1n) is 17.3. The molecule has 0 saturated heterocycles. The molecule has 1 unspecified atom stereocenters. The lowest BCUT2D eigenvalue weighted by Crippen LogP contribution is -2.60. The van der Waals surface area contributed by atoms with Crippen LogP contribution in [0.1, 0.15) is 44.9 Å². The van der Waals surface area contributed by atoms with Gasteiger partial charge in [-0.1, -0.05) is 127 Å². The van der Waals surface area contributed by atoms with E-state index in [-0.39, 0.29) is 12.6 Å². The second kappa shape index (κ2) is 8.19. The number of para-hydroxylation sites is 2. The molecule has 0 bridgehead atoms. The van der Waals surface area contributed by atoms with Crippen molar-refractivity contribution in [2.24, 2.45) is 0 Å². The van der Waals surface area contributed by atoms with Crippen LogP contribution in [-0.2, 0) is 12.8 Å². The van der Waals surface area contributed by atoms with Crippen molar-refractivity contribution in [3.8, 4) is 11.4 Å². The summed E-state index contributed by atoms with van der Waals surface area (Å²) in [4.78, 5) is 0. The minimum Gasteiger partial charge on any atom is -0.308 e. The number of hydrogen-bond donors (Lipinski definition) is 0. The summed E-state index contributed by atoms with van der Waals surface area (Å²) < 4.78 is 5.31. The van der Waals surface area contributed by atoms with Crippen molar-refractivity contribution in [2.45, 2.75) is 18.8 Å². The fraction of sp³-hybridized carbons (Fsp3) is 0.0667. The maximum absolute atomic E-state index is 2.66. The second-order valence-corrected chi connectivity index (χ2v) is 14.3. The Balaban J connectivity index is 1.25. The Bertz CT molecular complexity index is 2770. The van der Waals surface area contributed by atoms with Crippen LogP contribution in [0.4, 0.5) is 0 Å². The number of hydrogen-bond acceptors (Lipinski definition) is 0. The van der Waals surface area contributed by atoms with E-state index in [4.69, 9.17) is 0 Å². The van der Waals surface area contributed by atoms with Crippen molar-refractivity contribution >= 4 is 66.7 Å². The largest absolute Gasteiger partial charge is 0.308 e. The normalized spacial score (nSPS) is 15.9. The molecule has 1 aliphatic carbocycles. The molecule has 1 atom stereocenters. The van der Waals surface area contributed by atoms with Crippen molar-refractivity contribution in [3.63, 3.8) is 0 Å². The van der Waals surface area contributed by atoms with Crippen molar-refractivity contribution in [1.29, 1.82) is 0 Å². The van der Waals surface area contributed by atoms with E-state index in [1.165, 1.54) is 110 Å². The van der Waals surface area contributed by atoms with Crippen molar-refractivity contribution in [1.82, 2.24) is 9.13 Å². The molecule has 3 heteroatoms. The first-order valence-corrected chi connectivity index (χ1v) is 17.3. The predicted molar refractivity (Wildman–Crippen MR) is 199 cm³/mol. The van der Waals surface area contributed by atoms with E-state index in [1.807, 2.05) is 0 Å². The van der Waals surface area contributed by atoms with Crippen LogP contribution in [0.5, 0.6) is 0 Å². The molecule has 2 aromatic heterocycles. The number of aromatic nitrogens is 2.